The van der Waals surface area contributed by atoms with E-state index in [1.165, 1.54) is 10.1 Å². The molecule has 2 saturated heterocycles. The standard InChI is InChI=1S/C44H57N9O6/c1-50-38-25-29(8-13-36(38)53(44(50)57)37-14-15-39(55)48-42(37)56)7-6-24-59-23-5-3-4-20-51-21-17-30(18-22-51)35-28-52(32-9-11-33(54)12-10-32)41-34(35)27-46-43(49-41)47-31-16-19-45-40(26-31)58-2/h8,13,16,19,25-28,30,32-33,37,54H,3-7,9-12,14-15,17-18,20-24H2,1-2H3,(H,48,55,56)(H,45,46,47,49). The van der Waals surface area contributed by atoms with Crippen molar-refractivity contribution < 1.29 is 24.2 Å². The van der Waals surface area contributed by atoms with Crippen LogP contribution in [0.3, 0.4) is 0 Å². The first-order chi connectivity index (χ1) is 28.7. The molecule has 1 aliphatic carbocycles. The number of imide groups is 1. The summed E-state index contributed by atoms with van der Waals surface area (Å²) in [5, 5.41) is 17.0. The van der Waals surface area contributed by atoms with Crippen LogP contribution >= 0.6 is 0 Å². The maximum atomic E-state index is 13.1. The number of nitrogens with one attached hydrogen (secondary N) is 2. The van der Waals surface area contributed by atoms with E-state index in [1.807, 2.05) is 36.5 Å². The number of aliphatic hydroxyl groups excluding tert-OH is 1. The van der Waals surface area contributed by atoms with Crippen LogP contribution in [0.15, 0.2) is 53.7 Å². The minimum Gasteiger partial charge on any atom is -0.481 e. The van der Waals surface area contributed by atoms with Gasteiger partial charge in [0.15, 0.2) is 0 Å². The van der Waals surface area contributed by atoms with Crippen LogP contribution in [0.5, 0.6) is 5.88 Å². The quantitative estimate of drug-likeness (QED) is 0.0828. The SMILES string of the molecule is COc1cc(Nc2ncc3c(C4CCN(CCCCCOCCCc5ccc6c(c5)n(C)c(=O)n6C5CCC(=O)NC5=O)CC4)cn(C4CCC(O)CC4)c3n2)ccn1. The lowest BCUT2D eigenvalue weighted by molar-refractivity contribution is -0.135. The largest absolute Gasteiger partial charge is 0.481 e. The third-order valence-electron chi connectivity index (χ3n) is 12.6. The molecule has 6 heterocycles. The van der Waals surface area contributed by atoms with Gasteiger partial charge >= 0.3 is 5.69 Å². The zero-order chi connectivity index (χ0) is 40.9. The van der Waals surface area contributed by atoms with Gasteiger partial charge in [0.05, 0.1) is 24.2 Å². The normalized spacial score (nSPS) is 20.7. The van der Waals surface area contributed by atoms with Crippen molar-refractivity contribution in [2.24, 2.45) is 7.05 Å². The highest BCUT2D eigenvalue weighted by Gasteiger charge is 2.32. The number of amides is 2. The minimum atomic E-state index is -0.677. The first-order valence-electron chi connectivity index (χ1n) is 21.4. The molecule has 0 bridgehead atoms. The molecular formula is C44H57N9O6. The fourth-order valence-corrected chi connectivity index (χ4v) is 9.24. The molecule has 2 amide bonds. The molecule has 4 aromatic heterocycles. The van der Waals surface area contributed by atoms with Gasteiger partial charge in [-0.25, -0.2) is 14.8 Å². The number of ether oxygens (including phenoxy) is 2. The number of nitrogens with zero attached hydrogens (tertiary/aromatic N) is 7. The Balaban J connectivity index is 0.772. The van der Waals surface area contributed by atoms with Crippen LogP contribution in [-0.2, 0) is 27.8 Å². The third-order valence-corrected chi connectivity index (χ3v) is 12.6. The molecule has 15 heteroatoms. The number of unbranched alkanes of at least 4 members (excludes halogenated alkanes) is 2. The molecule has 1 saturated carbocycles. The molecule has 5 aromatic rings. The molecule has 59 heavy (non-hydrogen) atoms. The van der Waals surface area contributed by atoms with E-state index < -0.39 is 11.9 Å². The third kappa shape index (κ3) is 9.22. The van der Waals surface area contributed by atoms with Crippen molar-refractivity contribution in [1.29, 1.82) is 0 Å². The van der Waals surface area contributed by atoms with E-state index in [4.69, 9.17) is 19.4 Å². The fourth-order valence-electron chi connectivity index (χ4n) is 9.24. The summed E-state index contributed by atoms with van der Waals surface area (Å²) in [6.07, 6.45) is 17.1. The van der Waals surface area contributed by atoms with Gasteiger partial charge in [0.1, 0.15) is 11.7 Å². The van der Waals surface area contributed by atoms with E-state index in [-0.39, 0.29) is 24.1 Å². The smallest absolute Gasteiger partial charge is 0.329 e. The van der Waals surface area contributed by atoms with Gasteiger partial charge in [-0.05, 0) is 132 Å². The Morgan fingerprint density at radius 2 is 1.73 bits per heavy atom. The van der Waals surface area contributed by atoms with Crippen molar-refractivity contribution in [3.8, 4) is 5.88 Å². The van der Waals surface area contributed by atoms with E-state index in [1.54, 1.807) is 24.9 Å². The lowest BCUT2D eigenvalue weighted by atomic mass is 9.89. The summed E-state index contributed by atoms with van der Waals surface area (Å²) in [6.45, 7) is 4.70. The molecule has 0 radical (unpaired) electrons. The van der Waals surface area contributed by atoms with Crippen LogP contribution in [0, 0.1) is 0 Å². The number of rotatable bonds is 16. The summed E-state index contributed by atoms with van der Waals surface area (Å²) in [4.78, 5) is 53.8. The molecular weight excluding hydrogens is 751 g/mol. The number of piperidine rings is 2. The van der Waals surface area contributed by atoms with Crippen LogP contribution in [-0.4, -0.2) is 96.5 Å². The number of hydrogen-bond acceptors (Lipinski definition) is 11. The first kappa shape index (κ1) is 40.7. The number of fused-ring (bicyclic) bond motifs is 2. The Morgan fingerprint density at radius 1 is 0.915 bits per heavy atom. The molecule has 2 aliphatic heterocycles. The summed E-state index contributed by atoms with van der Waals surface area (Å²) < 4.78 is 16.8. The van der Waals surface area contributed by atoms with Gasteiger partial charge in [0.25, 0.3) is 0 Å². The average molecular weight is 808 g/mol. The van der Waals surface area contributed by atoms with Gasteiger partial charge in [-0.3, -0.25) is 24.0 Å². The second-order valence-electron chi connectivity index (χ2n) is 16.5. The van der Waals surface area contributed by atoms with E-state index in [0.29, 0.717) is 42.3 Å². The number of pyridine rings is 1. The number of hydrogen-bond donors (Lipinski definition) is 3. The number of benzene rings is 1. The number of imidazole rings is 1. The van der Waals surface area contributed by atoms with E-state index in [9.17, 15) is 19.5 Å². The molecule has 1 unspecified atom stereocenters. The summed E-state index contributed by atoms with van der Waals surface area (Å²) in [5.74, 6) is 0.807. The number of carbonyl (C=O) groups excluding carboxylic acids is 2. The molecule has 1 atom stereocenters. The van der Waals surface area contributed by atoms with Crippen molar-refractivity contribution in [3.63, 3.8) is 0 Å². The molecule has 0 spiro atoms. The van der Waals surface area contributed by atoms with Gasteiger partial charge in [-0.15, -0.1) is 0 Å². The van der Waals surface area contributed by atoms with Crippen molar-refractivity contribution in [1.82, 2.24) is 38.9 Å². The van der Waals surface area contributed by atoms with Gasteiger partial charge in [-0.2, -0.15) is 4.98 Å². The minimum absolute atomic E-state index is 0.214. The zero-order valence-electron chi connectivity index (χ0n) is 34.3. The second kappa shape index (κ2) is 18.4. The van der Waals surface area contributed by atoms with Gasteiger partial charge < -0.3 is 29.4 Å². The fraction of sp³-hybridized carbons (Fsp3) is 0.545. The Bertz CT molecular complexity index is 2320. The lowest BCUT2D eigenvalue weighted by Crippen LogP contribution is -2.44. The van der Waals surface area contributed by atoms with Crippen LogP contribution in [0.4, 0.5) is 11.6 Å². The average Bonchev–Trinajstić information content (AvgIpc) is 3.74. The summed E-state index contributed by atoms with van der Waals surface area (Å²) >= 11 is 0. The zero-order valence-corrected chi connectivity index (χ0v) is 34.3. The predicted octanol–water partition coefficient (Wildman–Crippen LogP) is 5.68. The summed E-state index contributed by atoms with van der Waals surface area (Å²) in [6, 6.07) is 9.29. The Kier molecular flexibility index (Phi) is 12.7. The van der Waals surface area contributed by atoms with Gasteiger partial charge in [0.2, 0.25) is 23.6 Å². The Morgan fingerprint density at radius 3 is 2.53 bits per heavy atom. The van der Waals surface area contributed by atoms with E-state index in [2.05, 4.69) is 31.3 Å². The summed E-state index contributed by atoms with van der Waals surface area (Å²) in [5.41, 5.74) is 5.48. The number of likely N-dealkylation sites (tertiary alicyclic amines) is 1. The van der Waals surface area contributed by atoms with E-state index in [0.717, 1.165) is 125 Å². The highest BCUT2D eigenvalue weighted by atomic mass is 16.5. The Labute approximate surface area is 344 Å². The van der Waals surface area contributed by atoms with Crippen molar-refractivity contribution >= 4 is 45.5 Å². The number of aromatic nitrogens is 6. The molecule has 8 rings (SSSR count). The molecule has 3 fully saturated rings. The van der Waals surface area contributed by atoms with Crippen LogP contribution in [0.1, 0.15) is 106 Å². The predicted molar refractivity (Wildman–Crippen MR) is 225 cm³/mol. The second-order valence-corrected chi connectivity index (χ2v) is 16.5. The van der Waals surface area contributed by atoms with Gasteiger partial charge in [0, 0.05) is 68.5 Å². The van der Waals surface area contributed by atoms with Crippen molar-refractivity contribution in [3.05, 3.63) is 70.5 Å². The highest BCUT2D eigenvalue weighted by molar-refractivity contribution is 6.00. The number of methoxy groups -OCH3 is 1. The molecule has 314 valence electrons. The first-order valence-corrected chi connectivity index (χ1v) is 21.4. The maximum absolute atomic E-state index is 13.1. The summed E-state index contributed by atoms with van der Waals surface area (Å²) in [7, 11) is 3.32. The van der Waals surface area contributed by atoms with Crippen LogP contribution in [0.25, 0.3) is 22.1 Å². The van der Waals surface area contributed by atoms with Crippen LogP contribution < -0.4 is 21.1 Å². The number of aliphatic hydroxyl groups is 1. The number of aryl methyl sites for hydroxylation is 2. The monoisotopic (exact) mass is 807 g/mol. The topological polar surface area (TPSA) is 171 Å². The molecule has 3 aliphatic rings. The van der Waals surface area contributed by atoms with Crippen molar-refractivity contribution in [2.45, 2.75) is 108 Å². The molecule has 1 aromatic carbocycles. The number of carbonyl (C=O) groups is 2. The van der Waals surface area contributed by atoms with Gasteiger partial charge in [-0.1, -0.05) is 6.07 Å². The molecule has 15 nitrogen and oxygen atoms in total. The molecule has 3 N–H and O–H groups in total. The lowest BCUT2D eigenvalue weighted by Gasteiger charge is -2.32. The van der Waals surface area contributed by atoms with Crippen molar-refractivity contribution in [2.75, 3.05) is 45.3 Å². The number of anilines is 2. The van der Waals surface area contributed by atoms with E-state index >= 15 is 0 Å². The van der Waals surface area contributed by atoms with Crippen LogP contribution in [0.2, 0.25) is 0 Å². The Hall–Kier alpha value is -5.12. The highest BCUT2D eigenvalue weighted by Crippen LogP contribution is 2.38. The maximum Gasteiger partial charge on any atom is 0.329 e.